The first-order chi connectivity index (χ1) is 14.5. The predicted octanol–water partition coefficient (Wildman–Crippen LogP) is 4.41. The molecule has 5 nitrogen and oxygen atoms in total. The molecule has 150 valence electrons. The maximum Gasteiger partial charge on any atom is 0.363 e. The van der Waals surface area contributed by atoms with Crippen LogP contribution in [-0.4, -0.2) is 31.1 Å². The number of benzene rings is 3. The molecule has 0 saturated carbocycles. The smallest absolute Gasteiger partial charge is 0.363 e. The second-order valence-corrected chi connectivity index (χ2v) is 7.29. The first-order valence-electron chi connectivity index (χ1n) is 9.63. The third-order valence-corrected chi connectivity index (χ3v) is 4.88. The van der Waals surface area contributed by atoms with Crippen LogP contribution in [0.25, 0.3) is 22.9 Å². The van der Waals surface area contributed by atoms with Gasteiger partial charge in [-0.25, -0.2) is 9.79 Å². The van der Waals surface area contributed by atoms with Gasteiger partial charge < -0.3 is 14.7 Å². The van der Waals surface area contributed by atoms with E-state index in [0.29, 0.717) is 0 Å². The molecule has 1 heterocycles. The fourth-order valence-corrected chi connectivity index (χ4v) is 3.21. The molecule has 0 radical (unpaired) electrons. The van der Waals surface area contributed by atoms with E-state index in [9.17, 15) is 9.90 Å². The molecule has 1 aliphatic heterocycles. The van der Waals surface area contributed by atoms with Crippen LogP contribution in [0.2, 0.25) is 0 Å². The van der Waals surface area contributed by atoms with Gasteiger partial charge in [0.1, 0.15) is 0 Å². The van der Waals surface area contributed by atoms with E-state index >= 15 is 0 Å². The van der Waals surface area contributed by atoms with E-state index in [2.05, 4.69) is 4.99 Å². The molecular formula is C25H22N2O3. The second-order valence-electron chi connectivity index (χ2n) is 7.29. The zero-order chi connectivity index (χ0) is 21.1. The number of esters is 1. The lowest BCUT2D eigenvalue weighted by molar-refractivity contribution is -0.129. The number of carbonyl (C=O) groups is 1. The molecule has 0 saturated heterocycles. The Morgan fingerprint density at radius 3 is 2.37 bits per heavy atom. The maximum atomic E-state index is 12.2. The van der Waals surface area contributed by atoms with Crippen LogP contribution in [-0.2, 0) is 16.1 Å². The average Bonchev–Trinajstić information content (AvgIpc) is 3.11. The third-order valence-electron chi connectivity index (χ3n) is 4.88. The molecule has 0 aromatic heterocycles. The number of aliphatic hydroxyl groups excluding tert-OH is 1. The number of aliphatic imine (C=N–C) groups is 1. The molecular weight excluding hydrogens is 376 g/mol. The average molecular weight is 398 g/mol. The van der Waals surface area contributed by atoms with Crippen LogP contribution < -0.4 is 4.90 Å². The second kappa shape index (κ2) is 8.35. The Morgan fingerprint density at radius 2 is 1.63 bits per heavy atom. The number of rotatable bonds is 5. The van der Waals surface area contributed by atoms with E-state index in [1.165, 1.54) is 0 Å². The lowest BCUT2D eigenvalue weighted by Crippen LogP contribution is -2.07. The molecule has 0 atom stereocenters. The van der Waals surface area contributed by atoms with Gasteiger partial charge in [0.2, 0.25) is 5.90 Å². The normalized spacial score (nSPS) is 15.1. The van der Waals surface area contributed by atoms with Crippen molar-refractivity contribution in [2.45, 2.75) is 6.61 Å². The topological polar surface area (TPSA) is 62.1 Å². The van der Waals surface area contributed by atoms with Gasteiger partial charge in [0, 0.05) is 25.9 Å². The van der Waals surface area contributed by atoms with Crippen molar-refractivity contribution in [3.05, 3.63) is 89.1 Å². The summed E-state index contributed by atoms with van der Waals surface area (Å²) in [6.07, 6.45) is 5.28. The number of hydrogen-bond acceptors (Lipinski definition) is 5. The number of anilines is 1. The Labute approximate surface area is 175 Å². The van der Waals surface area contributed by atoms with Crippen molar-refractivity contribution in [2.24, 2.45) is 4.99 Å². The van der Waals surface area contributed by atoms with Crippen molar-refractivity contribution in [1.29, 1.82) is 0 Å². The van der Waals surface area contributed by atoms with Gasteiger partial charge in [-0.3, -0.25) is 0 Å². The van der Waals surface area contributed by atoms with Crippen LogP contribution in [0.4, 0.5) is 5.69 Å². The summed E-state index contributed by atoms with van der Waals surface area (Å²) in [5, 5.41) is 11.3. The molecule has 3 aromatic rings. The molecule has 4 rings (SSSR count). The summed E-state index contributed by atoms with van der Waals surface area (Å²) in [5.74, 6) is -0.190. The molecule has 5 heteroatoms. The van der Waals surface area contributed by atoms with Gasteiger partial charge in [-0.15, -0.1) is 0 Å². The van der Waals surface area contributed by atoms with Gasteiger partial charge in [-0.2, -0.15) is 0 Å². The number of carbonyl (C=O) groups excluding carboxylic acids is 1. The minimum Gasteiger partial charge on any atom is -0.403 e. The molecule has 0 fully saturated rings. The molecule has 0 spiro atoms. The van der Waals surface area contributed by atoms with E-state index in [-0.39, 0.29) is 18.2 Å². The van der Waals surface area contributed by atoms with Gasteiger partial charge >= 0.3 is 5.97 Å². The lowest BCUT2D eigenvalue weighted by Gasteiger charge is -2.11. The first-order valence-corrected chi connectivity index (χ1v) is 9.63. The van der Waals surface area contributed by atoms with Crippen LogP contribution in [0.1, 0.15) is 16.7 Å². The van der Waals surface area contributed by atoms with Gasteiger partial charge in [0.25, 0.3) is 0 Å². The Hall–Kier alpha value is -3.70. The fourth-order valence-electron chi connectivity index (χ4n) is 3.21. The van der Waals surface area contributed by atoms with E-state index < -0.39 is 5.97 Å². The lowest BCUT2D eigenvalue weighted by atomic mass is 10.0. The van der Waals surface area contributed by atoms with E-state index in [1.807, 2.05) is 85.7 Å². The van der Waals surface area contributed by atoms with Crippen molar-refractivity contribution >= 4 is 40.5 Å². The van der Waals surface area contributed by atoms with Crippen molar-refractivity contribution < 1.29 is 14.6 Å². The van der Waals surface area contributed by atoms with Gasteiger partial charge in [0.15, 0.2) is 5.70 Å². The summed E-state index contributed by atoms with van der Waals surface area (Å²) in [4.78, 5) is 18.5. The summed E-state index contributed by atoms with van der Waals surface area (Å²) in [6.45, 7) is 0.0123. The van der Waals surface area contributed by atoms with Gasteiger partial charge in [0.05, 0.1) is 6.61 Å². The predicted molar refractivity (Wildman–Crippen MR) is 121 cm³/mol. The van der Waals surface area contributed by atoms with Crippen molar-refractivity contribution in [1.82, 2.24) is 0 Å². The van der Waals surface area contributed by atoms with Crippen molar-refractivity contribution in [3.63, 3.8) is 0 Å². The molecule has 0 aliphatic carbocycles. The summed E-state index contributed by atoms with van der Waals surface area (Å²) in [7, 11) is 3.99. The Bertz CT molecular complexity index is 1190. The molecule has 0 bridgehead atoms. The molecule has 30 heavy (non-hydrogen) atoms. The molecule has 1 N–H and O–H groups in total. The van der Waals surface area contributed by atoms with Crippen LogP contribution >= 0.6 is 0 Å². The van der Waals surface area contributed by atoms with Crippen LogP contribution in [0, 0.1) is 0 Å². The highest BCUT2D eigenvalue weighted by Crippen LogP contribution is 2.22. The maximum absolute atomic E-state index is 12.2. The highest BCUT2D eigenvalue weighted by Gasteiger charge is 2.21. The summed E-state index contributed by atoms with van der Waals surface area (Å²) in [5.41, 5.74) is 4.10. The largest absolute Gasteiger partial charge is 0.403 e. The van der Waals surface area contributed by atoms with E-state index in [0.717, 1.165) is 33.2 Å². The molecule has 1 aliphatic rings. The fraction of sp³-hybridized carbons (Fsp3) is 0.120. The van der Waals surface area contributed by atoms with E-state index in [4.69, 9.17) is 4.74 Å². The first kappa shape index (κ1) is 19.6. The summed E-state index contributed by atoms with van der Waals surface area (Å²) >= 11 is 0. The Kier molecular flexibility index (Phi) is 5.46. The SMILES string of the molecule is CN(C)c1ccc(/C=C/C2=NC(=C\c3ccc4cc(CO)ccc4c3)/C(=O)O2)cc1. The highest BCUT2D eigenvalue weighted by atomic mass is 16.6. The Balaban J connectivity index is 1.54. The number of cyclic esters (lactones) is 1. The monoisotopic (exact) mass is 398 g/mol. The number of ether oxygens (including phenoxy) is 1. The van der Waals surface area contributed by atoms with Gasteiger partial charge in [-0.05, 0) is 63.9 Å². The standard InChI is InChI=1S/C25H22N2O3/c1-27(2)22-10-5-17(6-11-22)7-12-24-26-23(25(29)30-24)15-18-3-8-21-14-19(16-28)4-9-20(21)13-18/h3-15,28H,16H2,1-2H3/b12-7+,23-15-. The van der Waals surface area contributed by atoms with E-state index in [1.54, 1.807) is 12.2 Å². The third kappa shape index (κ3) is 4.31. The summed E-state index contributed by atoms with van der Waals surface area (Å²) < 4.78 is 5.27. The minimum absolute atomic E-state index is 0.0123. The minimum atomic E-state index is -0.465. The number of nitrogens with zero attached hydrogens (tertiary/aromatic N) is 2. The highest BCUT2D eigenvalue weighted by molar-refractivity contribution is 6.11. The molecule has 0 amide bonds. The number of aliphatic hydroxyl groups is 1. The van der Waals surface area contributed by atoms with Crippen molar-refractivity contribution in [2.75, 3.05) is 19.0 Å². The van der Waals surface area contributed by atoms with Crippen LogP contribution in [0.5, 0.6) is 0 Å². The van der Waals surface area contributed by atoms with Crippen molar-refractivity contribution in [3.8, 4) is 0 Å². The zero-order valence-corrected chi connectivity index (χ0v) is 16.9. The number of hydrogen-bond donors (Lipinski definition) is 1. The quantitative estimate of drug-likeness (QED) is 0.511. The summed E-state index contributed by atoms with van der Waals surface area (Å²) in [6, 6.07) is 19.7. The molecule has 0 unspecified atom stereocenters. The van der Waals surface area contributed by atoms with Crippen LogP contribution in [0.3, 0.4) is 0 Å². The Morgan fingerprint density at radius 1 is 0.933 bits per heavy atom. The molecule has 3 aromatic carbocycles. The zero-order valence-electron chi connectivity index (χ0n) is 16.9. The van der Waals surface area contributed by atoms with Crippen LogP contribution in [0.15, 0.2) is 77.4 Å². The number of fused-ring (bicyclic) bond motifs is 1. The van der Waals surface area contributed by atoms with Gasteiger partial charge in [-0.1, -0.05) is 36.4 Å².